The zero-order valence-electron chi connectivity index (χ0n) is 29.2. The van der Waals surface area contributed by atoms with Gasteiger partial charge in [-0.2, -0.15) is 0 Å². The summed E-state index contributed by atoms with van der Waals surface area (Å²) < 4.78 is 2.43. The SMILES string of the molecule is CC1(C)c2ccccc2-c2ccc(-c3ccc(-n4c5ccccc5c5ccc(-c6ccc7c8ccccc8c8ccccc8c7c6)cc54)cc3)cc21. The van der Waals surface area contributed by atoms with Gasteiger partial charge in [0, 0.05) is 21.9 Å². The molecule has 1 aliphatic carbocycles. The first-order valence-electron chi connectivity index (χ1n) is 18.3. The fourth-order valence-corrected chi connectivity index (χ4v) is 9.20. The van der Waals surface area contributed by atoms with Gasteiger partial charge in [0.2, 0.25) is 0 Å². The third kappa shape index (κ3) is 4.11. The van der Waals surface area contributed by atoms with Crippen LogP contribution in [0.2, 0.25) is 0 Å². The molecule has 0 unspecified atom stereocenters. The minimum Gasteiger partial charge on any atom is -0.309 e. The summed E-state index contributed by atoms with van der Waals surface area (Å²) in [5, 5.41) is 10.3. The Bertz CT molecular complexity index is 3050. The van der Waals surface area contributed by atoms with Gasteiger partial charge in [-0.3, -0.25) is 0 Å². The molecule has 0 spiro atoms. The number of fused-ring (bicyclic) bond motifs is 12. The lowest BCUT2D eigenvalue weighted by atomic mass is 9.81. The minimum atomic E-state index is -0.0194. The van der Waals surface area contributed by atoms with Gasteiger partial charge in [0.1, 0.15) is 0 Å². The van der Waals surface area contributed by atoms with E-state index in [9.17, 15) is 0 Å². The van der Waals surface area contributed by atoms with Crippen LogP contribution >= 0.6 is 0 Å². The molecule has 0 aliphatic heterocycles. The van der Waals surface area contributed by atoms with Crippen molar-refractivity contribution in [3.8, 4) is 39.1 Å². The highest BCUT2D eigenvalue weighted by molar-refractivity contribution is 6.25. The topological polar surface area (TPSA) is 4.93 Å². The Morgan fingerprint density at radius 2 is 0.808 bits per heavy atom. The van der Waals surface area contributed by atoms with Crippen LogP contribution in [0, 0.1) is 0 Å². The number of hydrogen-bond acceptors (Lipinski definition) is 0. The van der Waals surface area contributed by atoms with Crippen molar-refractivity contribution >= 4 is 54.1 Å². The number of rotatable bonds is 3. The van der Waals surface area contributed by atoms with Crippen LogP contribution in [0.5, 0.6) is 0 Å². The number of hydrogen-bond donors (Lipinski definition) is 0. The first-order valence-corrected chi connectivity index (χ1v) is 18.3. The van der Waals surface area contributed by atoms with Crippen LogP contribution in [-0.4, -0.2) is 4.57 Å². The second kappa shape index (κ2) is 10.8. The molecule has 0 radical (unpaired) electrons. The second-order valence-electron chi connectivity index (χ2n) is 14.9. The van der Waals surface area contributed by atoms with Crippen molar-refractivity contribution in [2.75, 3.05) is 0 Å². The first-order chi connectivity index (χ1) is 25.5. The molecule has 1 nitrogen and oxygen atoms in total. The van der Waals surface area contributed by atoms with Gasteiger partial charge in [0.15, 0.2) is 0 Å². The lowest BCUT2D eigenvalue weighted by Crippen LogP contribution is -2.14. The van der Waals surface area contributed by atoms with Crippen LogP contribution in [0.4, 0.5) is 0 Å². The fourth-order valence-electron chi connectivity index (χ4n) is 9.20. The standard InChI is InChI=1S/C51H35N/c1-51(2)47-17-9-7-15-42(47)43-27-22-34(30-48(43)51)32-19-24-36(25-20-32)52-49-18-10-8-16-44(49)45-28-23-35(31-50(45)52)33-21-26-41-39-13-4-3-11-37(39)38-12-5-6-14-40(38)46(41)29-33/h3-31H,1-2H3. The number of aromatic nitrogens is 1. The maximum Gasteiger partial charge on any atom is 0.0547 e. The summed E-state index contributed by atoms with van der Waals surface area (Å²) in [5.41, 5.74) is 14.0. The number of nitrogens with zero attached hydrogens (tertiary/aromatic N) is 1. The molecule has 1 aromatic heterocycles. The molecule has 1 aliphatic rings. The fraction of sp³-hybridized carbons (Fsp3) is 0.0588. The maximum absolute atomic E-state index is 2.43. The summed E-state index contributed by atoms with van der Waals surface area (Å²) >= 11 is 0. The smallest absolute Gasteiger partial charge is 0.0547 e. The summed E-state index contributed by atoms with van der Waals surface area (Å²) in [6, 6.07) is 65.4. The molecule has 52 heavy (non-hydrogen) atoms. The molecule has 0 amide bonds. The van der Waals surface area contributed by atoms with Gasteiger partial charge in [-0.25, -0.2) is 0 Å². The lowest BCUT2D eigenvalue weighted by Gasteiger charge is -2.22. The molecule has 0 atom stereocenters. The molecule has 1 heteroatoms. The van der Waals surface area contributed by atoms with Crippen molar-refractivity contribution < 1.29 is 0 Å². The van der Waals surface area contributed by atoms with E-state index in [1.807, 2.05) is 0 Å². The Kier molecular flexibility index (Phi) is 6.08. The average Bonchev–Trinajstić information content (AvgIpc) is 3.65. The predicted molar refractivity (Wildman–Crippen MR) is 222 cm³/mol. The molecule has 0 N–H and O–H groups in total. The van der Waals surface area contributed by atoms with Crippen LogP contribution in [0.1, 0.15) is 25.0 Å². The quantitative estimate of drug-likeness (QED) is 0.166. The summed E-state index contributed by atoms with van der Waals surface area (Å²) in [6.07, 6.45) is 0. The van der Waals surface area contributed by atoms with Crippen LogP contribution in [0.25, 0.3) is 93.2 Å². The van der Waals surface area contributed by atoms with Gasteiger partial charge in [0.05, 0.1) is 11.0 Å². The van der Waals surface area contributed by atoms with Gasteiger partial charge >= 0.3 is 0 Å². The highest BCUT2D eigenvalue weighted by atomic mass is 15.0. The summed E-state index contributed by atoms with van der Waals surface area (Å²) in [6.45, 7) is 4.70. The molecule has 0 saturated heterocycles. The first kappa shape index (κ1) is 29.3. The number of para-hydroxylation sites is 1. The van der Waals surface area contributed by atoms with Gasteiger partial charge in [0.25, 0.3) is 0 Å². The van der Waals surface area contributed by atoms with E-state index in [4.69, 9.17) is 0 Å². The highest BCUT2D eigenvalue weighted by Gasteiger charge is 2.35. The van der Waals surface area contributed by atoms with Crippen LogP contribution in [0.15, 0.2) is 176 Å². The summed E-state index contributed by atoms with van der Waals surface area (Å²) in [5.74, 6) is 0. The van der Waals surface area contributed by atoms with Crippen LogP contribution < -0.4 is 0 Å². The van der Waals surface area contributed by atoms with Crippen molar-refractivity contribution in [2.24, 2.45) is 0 Å². The zero-order valence-corrected chi connectivity index (χ0v) is 29.2. The van der Waals surface area contributed by atoms with E-state index in [-0.39, 0.29) is 5.41 Å². The van der Waals surface area contributed by atoms with E-state index in [2.05, 4.69) is 194 Å². The van der Waals surface area contributed by atoms with Crippen molar-refractivity contribution in [2.45, 2.75) is 19.3 Å². The molecular weight excluding hydrogens is 627 g/mol. The molecular formula is C51H35N. The molecule has 0 saturated carbocycles. The monoisotopic (exact) mass is 661 g/mol. The molecule has 244 valence electrons. The molecule has 9 aromatic carbocycles. The Labute approximate surface area is 303 Å². The van der Waals surface area contributed by atoms with E-state index < -0.39 is 0 Å². The Hall–Kier alpha value is -6.44. The van der Waals surface area contributed by atoms with Gasteiger partial charge in [-0.05, 0) is 113 Å². The normalized spacial score (nSPS) is 13.3. The van der Waals surface area contributed by atoms with Crippen molar-refractivity contribution in [3.63, 3.8) is 0 Å². The lowest BCUT2D eigenvalue weighted by molar-refractivity contribution is 0.660. The minimum absolute atomic E-state index is 0.0194. The van der Waals surface area contributed by atoms with E-state index in [0.29, 0.717) is 0 Å². The van der Waals surface area contributed by atoms with Crippen molar-refractivity contribution in [3.05, 3.63) is 187 Å². The number of benzene rings is 9. The van der Waals surface area contributed by atoms with Gasteiger partial charge < -0.3 is 4.57 Å². The Morgan fingerprint density at radius 3 is 1.54 bits per heavy atom. The largest absolute Gasteiger partial charge is 0.309 e. The van der Waals surface area contributed by atoms with Crippen LogP contribution in [-0.2, 0) is 5.41 Å². The van der Waals surface area contributed by atoms with Crippen molar-refractivity contribution in [1.29, 1.82) is 0 Å². The Morgan fingerprint density at radius 1 is 0.327 bits per heavy atom. The Balaban J connectivity index is 1.04. The highest BCUT2D eigenvalue weighted by Crippen LogP contribution is 2.49. The second-order valence-corrected chi connectivity index (χ2v) is 14.9. The summed E-state index contributed by atoms with van der Waals surface area (Å²) in [7, 11) is 0. The van der Waals surface area contributed by atoms with E-state index in [1.54, 1.807) is 0 Å². The van der Waals surface area contributed by atoms with E-state index >= 15 is 0 Å². The average molecular weight is 662 g/mol. The van der Waals surface area contributed by atoms with Crippen LogP contribution in [0.3, 0.4) is 0 Å². The van der Waals surface area contributed by atoms with Crippen molar-refractivity contribution in [1.82, 2.24) is 4.57 Å². The molecule has 0 fully saturated rings. The third-order valence-electron chi connectivity index (χ3n) is 11.8. The van der Waals surface area contributed by atoms with E-state index in [0.717, 1.165) is 5.69 Å². The third-order valence-corrected chi connectivity index (χ3v) is 11.8. The van der Waals surface area contributed by atoms with Gasteiger partial charge in [-0.15, -0.1) is 0 Å². The van der Waals surface area contributed by atoms with Gasteiger partial charge in [-0.1, -0.05) is 153 Å². The predicted octanol–water partition coefficient (Wildman–Crippen LogP) is 13.9. The maximum atomic E-state index is 2.43. The molecule has 1 heterocycles. The molecule has 11 rings (SSSR count). The zero-order chi connectivity index (χ0) is 34.6. The molecule has 10 aromatic rings. The molecule has 0 bridgehead atoms. The van der Waals surface area contributed by atoms with E-state index in [1.165, 1.54) is 98.6 Å². The summed E-state index contributed by atoms with van der Waals surface area (Å²) in [4.78, 5) is 0.